The zero-order valence-corrected chi connectivity index (χ0v) is 13.6. The van der Waals surface area contributed by atoms with E-state index in [-0.39, 0.29) is 0 Å². The molecule has 0 aliphatic rings. The second kappa shape index (κ2) is 9.34. The topological polar surface area (TPSA) is 30.5 Å². The molecule has 1 atom stereocenters. The highest BCUT2D eigenvalue weighted by Crippen LogP contribution is 2.26. The molecule has 0 aliphatic heterocycles. The molecule has 4 heteroatoms. The van der Waals surface area contributed by atoms with E-state index in [0.29, 0.717) is 5.92 Å². The molecular weight excluding hydrogens is 306 g/mol. The van der Waals surface area contributed by atoms with Crippen LogP contribution in [0.1, 0.15) is 18.9 Å². The Balaban J connectivity index is 2.48. The number of nitrogens with one attached hydrogen (secondary N) is 1. The Morgan fingerprint density at radius 2 is 2.11 bits per heavy atom. The van der Waals surface area contributed by atoms with Gasteiger partial charge in [-0.2, -0.15) is 0 Å². The van der Waals surface area contributed by atoms with Crippen molar-refractivity contribution in [2.45, 2.75) is 19.8 Å². The fraction of sp³-hybridized carbons (Fsp3) is 0.600. The van der Waals surface area contributed by atoms with Gasteiger partial charge < -0.3 is 14.8 Å². The minimum absolute atomic E-state index is 0.650. The maximum Gasteiger partial charge on any atom is 0.133 e. The number of halogens is 1. The average molecular weight is 330 g/mol. The zero-order chi connectivity index (χ0) is 14.1. The Bertz CT molecular complexity index is 371. The van der Waals surface area contributed by atoms with E-state index in [1.807, 2.05) is 6.07 Å². The first-order valence-corrected chi connectivity index (χ1v) is 7.52. The highest BCUT2D eigenvalue weighted by Gasteiger charge is 2.09. The van der Waals surface area contributed by atoms with Crippen LogP contribution in [0.2, 0.25) is 0 Å². The minimum atomic E-state index is 0.650. The first-order valence-electron chi connectivity index (χ1n) is 6.73. The minimum Gasteiger partial charge on any atom is -0.496 e. The van der Waals surface area contributed by atoms with Crippen molar-refractivity contribution < 1.29 is 9.47 Å². The van der Waals surface area contributed by atoms with E-state index >= 15 is 0 Å². The maximum atomic E-state index is 5.25. The van der Waals surface area contributed by atoms with E-state index in [2.05, 4.69) is 40.3 Å². The van der Waals surface area contributed by atoms with Crippen LogP contribution >= 0.6 is 15.9 Å². The van der Waals surface area contributed by atoms with Gasteiger partial charge in [-0.15, -0.1) is 0 Å². The SMILES string of the molecule is CCC(CNCCOC)Cc1ccc(OC)c(Br)c1. The molecule has 0 saturated carbocycles. The van der Waals surface area contributed by atoms with Crippen molar-refractivity contribution in [2.24, 2.45) is 5.92 Å². The zero-order valence-electron chi connectivity index (χ0n) is 12.0. The molecule has 0 aliphatic carbocycles. The molecule has 0 amide bonds. The van der Waals surface area contributed by atoms with Crippen LogP contribution in [0, 0.1) is 5.92 Å². The Morgan fingerprint density at radius 3 is 2.68 bits per heavy atom. The van der Waals surface area contributed by atoms with Gasteiger partial charge in [0.05, 0.1) is 18.2 Å². The predicted octanol–water partition coefficient (Wildman–Crippen LogP) is 3.26. The van der Waals surface area contributed by atoms with E-state index in [4.69, 9.17) is 9.47 Å². The lowest BCUT2D eigenvalue weighted by Gasteiger charge is -2.16. The average Bonchev–Trinajstić information content (AvgIpc) is 2.42. The third kappa shape index (κ3) is 5.93. The summed E-state index contributed by atoms with van der Waals surface area (Å²) in [7, 11) is 3.42. The predicted molar refractivity (Wildman–Crippen MR) is 82.9 cm³/mol. The van der Waals surface area contributed by atoms with E-state index in [9.17, 15) is 0 Å². The Hall–Kier alpha value is -0.580. The molecule has 0 aromatic heterocycles. The van der Waals surface area contributed by atoms with Crippen LogP contribution in [0.4, 0.5) is 0 Å². The van der Waals surface area contributed by atoms with Gasteiger partial charge >= 0.3 is 0 Å². The molecule has 0 radical (unpaired) electrons. The van der Waals surface area contributed by atoms with Crippen molar-refractivity contribution in [1.29, 1.82) is 0 Å². The lowest BCUT2D eigenvalue weighted by atomic mass is 9.97. The van der Waals surface area contributed by atoms with Crippen LogP contribution in [-0.4, -0.2) is 33.9 Å². The van der Waals surface area contributed by atoms with E-state index < -0.39 is 0 Å². The Morgan fingerprint density at radius 1 is 1.32 bits per heavy atom. The molecule has 0 saturated heterocycles. The van der Waals surface area contributed by atoms with Gasteiger partial charge in [-0.3, -0.25) is 0 Å². The van der Waals surface area contributed by atoms with Gasteiger partial charge in [0.2, 0.25) is 0 Å². The molecule has 1 N–H and O–H groups in total. The summed E-state index contributed by atoms with van der Waals surface area (Å²) >= 11 is 3.54. The fourth-order valence-electron chi connectivity index (χ4n) is 2.01. The van der Waals surface area contributed by atoms with Crippen LogP contribution in [0.3, 0.4) is 0 Å². The molecule has 0 heterocycles. The molecule has 1 aromatic carbocycles. The van der Waals surface area contributed by atoms with Crippen molar-refractivity contribution in [3.8, 4) is 5.75 Å². The van der Waals surface area contributed by atoms with Gasteiger partial charge in [0.25, 0.3) is 0 Å². The number of hydrogen-bond donors (Lipinski definition) is 1. The summed E-state index contributed by atoms with van der Waals surface area (Å²) in [5, 5.41) is 3.43. The first-order chi connectivity index (χ1) is 9.21. The number of benzene rings is 1. The largest absolute Gasteiger partial charge is 0.496 e. The fourth-order valence-corrected chi connectivity index (χ4v) is 2.60. The van der Waals surface area contributed by atoms with Gasteiger partial charge in [-0.25, -0.2) is 0 Å². The monoisotopic (exact) mass is 329 g/mol. The van der Waals surface area contributed by atoms with Gasteiger partial charge in [0.15, 0.2) is 0 Å². The summed E-state index contributed by atoms with van der Waals surface area (Å²) in [6.07, 6.45) is 2.25. The van der Waals surface area contributed by atoms with E-state index in [1.54, 1.807) is 14.2 Å². The van der Waals surface area contributed by atoms with Crippen LogP contribution < -0.4 is 10.1 Å². The molecule has 0 bridgehead atoms. The van der Waals surface area contributed by atoms with Crippen LogP contribution in [-0.2, 0) is 11.2 Å². The molecule has 0 spiro atoms. The lowest BCUT2D eigenvalue weighted by Crippen LogP contribution is -2.27. The van der Waals surface area contributed by atoms with E-state index in [0.717, 1.165) is 36.3 Å². The van der Waals surface area contributed by atoms with Crippen molar-refractivity contribution in [2.75, 3.05) is 33.9 Å². The molecule has 108 valence electrons. The molecule has 1 rings (SSSR count). The van der Waals surface area contributed by atoms with Gasteiger partial charge in [-0.1, -0.05) is 19.4 Å². The Kier molecular flexibility index (Phi) is 8.10. The van der Waals surface area contributed by atoms with Crippen molar-refractivity contribution in [1.82, 2.24) is 5.32 Å². The summed E-state index contributed by atoms with van der Waals surface area (Å²) in [4.78, 5) is 0. The summed E-state index contributed by atoms with van der Waals surface area (Å²) < 4.78 is 11.3. The number of rotatable bonds is 9. The quantitative estimate of drug-likeness (QED) is 0.705. The normalized spacial score (nSPS) is 12.4. The number of methoxy groups -OCH3 is 2. The standard InChI is InChI=1S/C15H24BrNO2/c1-4-12(11-17-7-8-18-2)9-13-5-6-15(19-3)14(16)10-13/h5-6,10,12,17H,4,7-9,11H2,1-3H3. The Labute approximate surface area is 124 Å². The van der Waals surface area contributed by atoms with Crippen LogP contribution in [0.15, 0.2) is 22.7 Å². The van der Waals surface area contributed by atoms with Crippen molar-refractivity contribution in [3.05, 3.63) is 28.2 Å². The lowest BCUT2D eigenvalue weighted by molar-refractivity contribution is 0.197. The van der Waals surface area contributed by atoms with Crippen molar-refractivity contribution >= 4 is 15.9 Å². The number of ether oxygens (including phenoxy) is 2. The molecule has 1 aromatic rings. The number of hydrogen-bond acceptors (Lipinski definition) is 3. The molecular formula is C15H24BrNO2. The highest BCUT2D eigenvalue weighted by molar-refractivity contribution is 9.10. The highest BCUT2D eigenvalue weighted by atomic mass is 79.9. The molecule has 0 fully saturated rings. The second-order valence-corrected chi connectivity index (χ2v) is 5.50. The summed E-state index contributed by atoms with van der Waals surface area (Å²) in [6.45, 7) is 4.95. The third-order valence-electron chi connectivity index (χ3n) is 3.23. The van der Waals surface area contributed by atoms with E-state index in [1.165, 1.54) is 12.0 Å². The smallest absolute Gasteiger partial charge is 0.133 e. The molecule has 3 nitrogen and oxygen atoms in total. The van der Waals surface area contributed by atoms with Gasteiger partial charge in [0.1, 0.15) is 5.75 Å². The van der Waals surface area contributed by atoms with Crippen LogP contribution in [0.25, 0.3) is 0 Å². The van der Waals surface area contributed by atoms with Crippen molar-refractivity contribution in [3.63, 3.8) is 0 Å². The maximum absolute atomic E-state index is 5.25. The summed E-state index contributed by atoms with van der Waals surface area (Å²) in [5.41, 5.74) is 1.34. The van der Waals surface area contributed by atoms with Gasteiger partial charge in [-0.05, 0) is 52.5 Å². The molecule has 1 unspecified atom stereocenters. The third-order valence-corrected chi connectivity index (χ3v) is 3.85. The summed E-state index contributed by atoms with van der Waals surface area (Å²) in [6, 6.07) is 6.31. The summed E-state index contributed by atoms with van der Waals surface area (Å²) in [5.74, 6) is 1.53. The van der Waals surface area contributed by atoms with Gasteiger partial charge in [0, 0.05) is 13.7 Å². The second-order valence-electron chi connectivity index (χ2n) is 4.64. The molecule has 19 heavy (non-hydrogen) atoms. The van der Waals surface area contributed by atoms with Crippen LogP contribution in [0.5, 0.6) is 5.75 Å². The first kappa shape index (κ1) is 16.5.